The standard InChI is InChI=1S/C13H24N4.ClH/c1-3-17-11-12(9-15-17)10-16(2)13-5-4-7-14-8-6-13;/h9,11,13-14H,3-8,10H2,1-2H3;1H. The molecule has 1 aromatic heterocycles. The highest BCUT2D eigenvalue weighted by atomic mass is 35.5. The van der Waals surface area contributed by atoms with Gasteiger partial charge in [-0.05, 0) is 46.3 Å². The number of nitrogens with zero attached hydrogens (tertiary/aromatic N) is 3. The lowest BCUT2D eigenvalue weighted by Gasteiger charge is -2.26. The molecular weight excluding hydrogens is 248 g/mol. The fraction of sp³-hybridized carbons (Fsp3) is 0.769. The van der Waals surface area contributed by atoms with E-state index >= 15 is 0 Å². The van der Waals surface area contributed by atoms with Crippen molar-refractivity contribution < 1.29 is 0 Å². The first-order valence-corrected chi connectivity index (χ1v) is 6.72. The summed E-state index contributed by atoms with van der Waals surface area (Å²) in [4.78, 5) is 2.48. The van der Waals surface area contributed by atoms with Crippen molar-refractivity contribution in [3.63, 3.8) is 0 Å². The molecule has 1 N–H and O–H groups in total. The normalized spacial score (nSPS) is 20.5. The van der Waals surface area contributed by atoms with Crippen LogP contribution in [0.25, 0.3) is 0 Å². The molecule has 0 amide bonds. The molecule has 1 fully saturated rings. The number of nitrogens with one attached hydrogen (secondary N) is 1. The Kier molecular flexibility index (Phi) is 6.68. The van der Waals surface area contributed by atoms with Crippen LogP contribution < -0.4 is 5.32 Å². The summed E-state index contributed by atoms with van der Waals surface area (Å²) in [5, 5.41) is 7.80. The van der Waals surface area contributed by atoms with Crippen molar-refractivity contribution in [1.82, 2.24) is 20.0 Å². The van der Waals surface area contributed by atoms with Gasteiger partial charge in [0.15, 0.2) is 0 Å². The second kappa shape index (κ2) is 7.77. The van der Waals surface area contributed by atoms with Crippen LogP contribution in [-0.4, -0.2) is 40.9 Å². The van der Waals surface area contributed by atoms with E-state index in [0.29, 0.717) is 0 Å². The molecule has 2 rings (SSSR count). The fourth-order valence-electron chi connectivity index (χ4n) is 2.52. The molecule has 1 aliphatic rings. The molecule has 0 spiro atoms. The van der Waals surface area contributed by atoms with Crippen molar-refractivity contribution in [3.8, 4) is 0 Å². The molecule has 4 nitrogen and oxygen atoms in total. The van der Waals surface area contributed by atoms with Crippen LogP contribution >= 0.6 is 12.4 Å². The Bertz CT molecular complexity index is 331. The Labute approximate surface area is 116 Å². The molecule has 1 unspecified atom stereocenters. The molecule has 0 aliphatic carbocycles. The lowest BCUT2D eigenvalue weighted by molar-refractivity contribution is 0.216. The predicted molar refractivity (Wildman–Crippen MR) is 77.1 cm³/mol. The van der Waals surface area contributed by atoms with Gasteiger partial charge in [0.25, 0.3) is 0 Å². The summed E-state index contributed by atoms with van der Waals surface area (Å²) in [6.45, 7) is 6.43. The zero-order valence-corrected chi connectivity index (χ0v) is 12.2. The highest BCUT2D eigenvalue weighted by molar-refractivity contribution is 5.85. The minimum absolute atomic E-state index is 0. The molecule has 0 radical (unpaired) electrons. The van der Waals surface area contributed by atoms with E-state index in [1.807, 2.05) is 10.9 Å². The van der Waals surface area contributed by atoms with Crippen LogP contribution in [0.1, 0.15) is 31.7 Å². The van der Waals surface area contributed by atoms with E-state index < -0.39 is 0 Å². The number of rotatable bonds is 4. The summed E-state index contributed by atoms with van der Waals surface area (Å²) in [6, 6.07) is 0.718. The third-order valence-corrected chi connectivity index (χ3v) is 3.61. The summed E-state index contributed by atoms with van der Waals surface area (Å²) >= 11 is 0. The van der Waals surface area contributed by atoms with Crippen LogP contribution in [0.5, 0.6) is 0 Å². The number of hydrogen-bond acceptors (Lipinski definition) is 3. The van der Waals surface area contributed by atoms with Gasteiger partial charge in [-0.3, -0.25) is 9.58 Å². The van der Waals surface area contributed by atoms with Gasteiger partial charge in [-0.2, -0.15) is 5.10 Å². The fourth-order valence-corrected chi connectivity index (χ4v) is 2.52. The van der Waals surface area contributed by atoms with Crippen molar-refractivity contribution in [2.75, 3.05) is 20.1 Å². The maximum atomic E-state index is 4.33. The molecule has 18 heavy (non-hydrogen) atoms. The summed E-state index contributed by atoms with van der Waals surface area (Å²) in [5.41, 5.74) is 1.33. The molecule has 104 valence electrons. The minimum atomic E-state index is 0. The Morgan fingerprint density at radius 3 is 3.00 bits per heavy atom. The Hall–Kier alpha value is -0.580. The van der Waals surface area contributed by atoms with Crippen molar-refractivity contribution >= 4 is 12.4 Å². The average Bonchev–Trinajstić information content (AvgIpc) is 2.62. The van der Waals surface area contributed by atoms with Gasteiger partial charge in [-0.15, -0.1) is 12.4 Å². The topological polar surface area (TPSA) is 33.1 Å². The second-order valence-electron chi connectivity index (χ2n) is 4.95. The monoisotopic (exact) mass is 272 g/mol. The smallest absolute Gasteiger partial charge is 0.0534 e. The van der Waals surface area contributed by atoms with E-state index in [4.69, 9.17) is 0 Å². The highest BCUT2D eigenvalue weighted by Crippen LogP contribution is 2.14. The number of hydrogen-bond donors (Lipinski definition) is 1. The van der Waals surface area contributed by atoms with Crippen LogP contribution in [0.4, 0.5) is 0 Å². The van der Waals surface area contributed by atoms with Gasteiger partial charge in [0.1, 0.15) is 0 Å². The largest absolute Gasteiger partial charge is 0.317 e. The molecule has 0 aromatic carbocycles. The molecule has 1 aromatic rings. The molecule has 1 aliphatic heterocycles. The van der Waals surface area contributed by atoms with Gasteiger partial charge >= 0.3 is 0 Å². The van der Waals surface area contributed by atoms with Crippen molar-refractivity contribution in [3.05, 3.63) is 18.0 Å². The van der Waals surface area contributed by atoms with Crippen LogP contribution in [0, 0.1) is 0 Å². The van der Waals surface area contributed by atoms with Gasteiger partial charge < -0.3 is 5.32 Å². The first-order chi connectivity index (χ1) is 8.29. The van der Waals surface area contributed by atoms with Gasteiger partial charge in [-0.1, -0.05) is 0 Å². The van der Waals surface area contributed by atoms with Crippen molar-refractivity contribution in [2.24, 2.45) is 0 Å². The zero-order chi connectivity index (χ0) is 12.1. The third kappa shape index (κ3) is 4.26. The lowest BCUT2D eigenvalue weighted by atomic mass is 10.1. The Balaban J connectivity index is 0.00000162. The predicted octanol–water partition coefficient (Wildman–Crippen LogP) is 1.90. The molecule has 0 bridgehead atoms. The molecule has 1 saturated heterocycles. The van der Waals surface area contributed by atoms with Crippen LogP contribution in [0.15, 0.2) is 12.4 Å². The molecule has 1 atom stereocenters. The average molecular weight is 273 g/mol. The quantitative estimate of drug-likeness (QED) is 0.909. The van der Waals surface area contributed by atoms with Crippen LogP contribution in [0.2, 0.25) is 0 Å². The van der Waals surface area contributed by atoms with Gasteiger partial charge in [-0.25, -0.2) is 0 Å². The molecule has 5 heteroatoms. The maximum Gasteiger partial charge on any atom is 0.0534 e. The highest BCUT2D eigenvalue weighted by Gasteiger charge is 2.17. The SMILES string of the molecule is CCn1cc(CN(C)C2CCCNCC2)cn1.Cl. The maximum absolute atomic E-state index is 4.33. The van der Waals surface area contributed by atoms with Gasteiger partial charge in [0.05, 0.1) is 6.20 Å². The van der Waals surface area contributed by atoms with E-state index in [-0.39, 0.29) is 12.4 Å². The zero-order valence-electron chi connectivity index (χ0n) is 11.4. The number of aryl methyl sites for hydroxylation is 1. The van der Waals surface area contributed by atoms with E-state index in [2.05, 4.69) is 35.5 Å². The molecule has 2 heterocycles. The van der Waals surface area contributed by atoms with E-state index in [0.717, 1.165) is 25.7 Å². The van der Waals surface area contributed by atoms with E-state index in [1.54, 1.807) is 0 Å². The number of halogens is 1. The van der Waals surface area contributed by atoms with Crippen molar-refractivity contribution in [2.45, 2.75) is 45.3 Å². The van der Waals surface area contributed by atoms with Gasteiger partial charge in [0, 0.05) is 30.9 Å². The second-order valence-corrected chi connectivity index (χ2v) is 4.95. The van der Waals surface area contributed by atoms with Crippen LogP contribution in [0.3, 0.4) is 0 Å². The third-order valence-electron chi connectivity index (χ3n) is 3.61. The van der Waals surface area contributed by atoms with E-state index in [1.165, 1.54) is 31.4 Å². The van der Waals surface area contributed by atoms with Gasteiger partial charge in [0.2, 0.25) is 0 Å². The summed E-state index contributed by atoms with van der Waals surface area (Å²) in [7, 11) is 2.24. The Morgan fingerprint density at radius 1 is 1.44 bits per heavy atom. The summed E-state index contributed by atoms with van der Waals surface area (Å²) in [5.74, 6) is 0. The summed E-state index contributed by atoms with van der Waals surface area (Å²) in [6.07, 6.45) is 8.02. The molecule has 0 saturated carbocycles. The first kappa shape index (κ1) is 15.5. The summed E-state index contributed by atoms with van der Waals surface area (Å²) < 4.78 is 2.00. The minimum Gasteiger partial charge on any atom is -0.317 e. The first-order valence-electron chi connectivity index (χ1n) is 6.72. The van der Waals surface area contributed by atoms with E-state index in [9.17, 15) is 0 Å². The van der Waals surface area contributed by atoms with Crippen molar-refractivity contribution in [1.29, 1.82) is 0 Å². The van der Waals surface area contributed by atoms with Crippen LogP contribution in [-0.2, 0) is 13.1 Å². The molecular formula is C13H25ClN4. The Morgan fingerprint density at radius 2 is 2.28 bits per heavy atom. The number of aromatic nitrogens is 2. The lowest BCUT2D eigenvalue weighted by Crippen LogP contribution is -2.31.